The highest BCUT2D eigenvalue weighted by Gasteiger charge is 2.12. The van der Waals surface area contributed by atoms with Crippen LogP contribution >= 0.6 is 11.6 Å². The first kappa shape index (κ1) is 13.0. The Balaban J connectivity index is 2.79. The van der Waals surface area contributed by atoms with Crippen LogP contribution in [0.2, 0.25) is 5.15 Å². The number of nitrogens with zero attached hydrogens (tertiary/aromatic N) is 2. The van der Waals surface area contributed by atoms with E-state index in [0.717, 1.165) is 25.1 Å². The lowest BCUT2D eigenvalue weighted by atomic mass is 10.2. The molecule has 16 heavy (non-hydrogen) atoms. The smallest absolute Gasteiger partial charge is 0.253 e. The normalized spacial score (nSPS) is 10.2. The second kappa shape index (κ2) is 5.85. The molecule has 0 unspecified atom stereocenters. The van der Waals surface area contributed by atoms with Crippen molar-refractivity contribution in [1.82, 2.24) is 9.88 Å². The molecule has 0 atom stereocenters. The fourth-order valence-corrected chi connectivity index (χ4v) is 1.72. The fourth-order valence-electron chi connectivity index (χ4n) is 1.47. The topological polar surface area (TPSA) is 33.2 Å². The van der Waals surface area contributed by atoms with E-state index in [4.69, 9.17) is 11.6 Å². The Labute approximate surface area is 101 Å². The lowest BCUT2D eigenvalue weighted by Crippen LogP contribution is -2.27. The summed E-state index contributed by atoms with van der Waals surface area (Å²) in [6, 6.07) is 3.37. The maximum atomic E-state index is 12.0. The van der Waals surface area contributed by atoms with Gasteiger partial charge in [-0.3, -0.25) is 4.79 Å². The third kappa shape index (κ3) is 3.49. The van der Waals surface area contributed by atoms with Crippen molar-refractivity contribution >= 4 is 17.5 Å². The SMILES string of the molecule is CCCCN(C)C(=O)c1cc(C)nc(Cl)c1. The minimum absolute atomic E-state index is 0.000787. The number of hydrogen-bond donors (Lipinski definition) is 0. The number of unbranched alkanes of at least 4 members (excludes halogenated alkanes) is 1. The van der Waals surface area contributed by atoms with E-state index in [1.807, 2.05) is 14.0 Å². The molecule has 0 aliphatic heterocycles. The number of aryl methyl sites for hydroxylation is 1. The number of halogens is 1. The molecule has 4 heteroatoms. The van der Waals surface area contributed by atoms with Gasteiger partial charge in [-0.1, -0.05) is 24.9 Å². The van der Waals surface area contributed by atoms with Gasteiger partial charge < -0.3 is 4.90 Å². The third-order valence-electron chi connectivity index (χ3n) is 2.36. The van der Waals surface area contributed by atoms with Gasteiger partial charge >= 0.3 is 0 Å². The van der Waals surface area contributed by atoms with Crippen molar-refractivity contribution in [2.45, 2.75) is 26.7 Å². The van der Waals surface area contributed by atoms with Gasteiger partial charge in [0, 0.05) is 24.8 Å². The van der Waals surface area contributed by atoms with E-state index in [9.17, 15) is 4.79 Å². The van der Waals surface area contributed by atoms with Crippen LogP contribution in [0.1, 0.15) is 35.8 Å². The van der Waals surface area contributed by atoms with Crippen LogP contribution in [-0.4, -0.2) is 29.4 Å². The van der Waals surface area contributed by atoms with Gasteiger partial charge in [0.15, 0.2) is 0 Å². The van der Waals surface area contributed by atoms with Crippen LogP contribution in [-0.2, 0) is 0 Å². The molecular weight excluding hydrogens is 224 g/mol. The van der Waals surface area contributed by atoms with Crippen molar-refractivity contribution in [2.75, 3.05) is 13.6 Å². The molecule has 0 fully saturated rings. The lowest BCUT2D eigenvalue weighted by Gasteiger charge is -2.16. The molecule has 0 aromatic carbocycles. The van der Waals surface area contributed by atoms with E-state index in [-0.39, 0.29) is 5.91 Å². The molecule has 0 spiro atoms. The lowest BCUT2D eigenvalue weighted by molar-refractivity contribution is 0.0793. The van der Waals surface area contributed by atoms with Gasteiger partial charge in [0.05, 0.1) is 0 Å². The highest BCUT2D eigenvalue weighted by molar-refractivity contribution is 6.29. The van der Waals surface area contributed by atoms with Crippen LogP contribution in [0.15, 0.2) is 12.1 Å². The highest BCUT2D eigenvalue weighted by Crippen LogP contribution is 2.12. The minimum atomic E-state index is 0.000787. The Hall–Kier alpha value is -1.09. The largest absolute Gasteiger partial charge is 0.342 e. The molecule has 0 saturated carbocycles. The zero-order valence-corrected chi connectivity index (χ0v) is 10.7. The van der Waals surface area contributed by atoms with Gasteiger partial charge in [-0.05, 0) is 25.5 Å². The van der Waals surface area contributed by atoms with Gasteiger partial charge in [0.1, 0.15) is 5.15 Å². The molecule has 0 aliphatic carbocycles. The number of hydrogen-bond acceptors (Lipinski definition) is 2. The highest BCUT2D eigenvalue weighted by atomic mass is 35.5. The Bertz CT molecular complexity index is 359. The number of amides is 1. The minimum Gasteiger partial charge on any atom is -0.342 e. The van der Waals surface area contributed by atoms with Gasteiger partial charge in [-0.15, -0.1) is 0 Å². The average molecular weight is 241 g/mol. The summed E-state index contributed by atoms with van der Waals surface area (Å²) in [6.07, 6.45) is 2.09. The van der Waals surface area contributed by atoms with Crippen molar-refractivity contribution in [3.63, 3.8) is 0 Å². The maximum Gasteiger partial charge on any atom is 0.253 e. The monoisotopic (exact) mass is 240 g/mol. The fraction of sp³-hybridized carbons (Fsp3) is 0.500. The summed E-state index contributed by atoms with van der Waals surface area (Å²) in [5.41, 5.74) is 1.37. The molecule has 0 bridgehead atoms. The molecule has 1 aromatic rings. The quantitative estimate of drug-likeness (QED) is 0.759. The van der Waals surface area contributed by atoms with Crippen molar-refractivity contribution < 1.29 is 4.79 Å². The van der Waals surface area contributed by atoms with Crippen LogP contribution in [0.4, 0.5) is 0 Å². The number of aromatic nitrogens is 1. The van der Waals surface area contributed by atoms with E-state index >= 15 is 0 Å². The molecule has 1 amide bonds. The first-order chi connectivity index (χ1) is 7.54. The molecule has 88 valence electrons. The van der Waals surface area contributed by atoms with E-state index in [2.05, 4.69) is 11.9 Å². The maximum absolute atomic E-state index is 12.0. The second-order valence-electron chi connectivity index (χ2n) is 3.90. The molecule has 3 nitrogen and oxygen atoms in total. The van der Waals surface area contributed by atoms with Crippen LogP contribution in [0.3, 0.4) is 0 Å². The first-order valence-corrected chi connectivity index (χ1v) is 5.82. The van der Waals surface area contributed by atoms with E-state index in [1.165, 1.54) is 0 Å². The standard InChI is InChI=1S/C12H17ClN2O/c1-4-5-6-15(3)12(16)10-7-9(2)14-11(13)8-10/h7-8H,4-6H2,1-3H3. The molecule has 0 radical (unpaired) electrons. The van der Waals surface area contributed by atoms with E-state index < -0.39 is 0 Å². The Morgan fingerprint density at radius 1 is 1.50 bits per heavy atom. The molecule has 0 aliphatic rings. The Morgan fingerprint density at radius 2 is 2.19 bits per heavy atom. The van der Waals surface area contributed by atoms with Gasteiger partial charge in [0.25, 0.3) is 5.91 Å². The Morgan fingerprint density at radius 3 is 2.75 bits per heavy atom. The summed E-state index contributed by atoms with van der Waals surface area (Å²) in [7, 11) is 1.81. The number of carbonyl (C=O) groups is 1. The summed E-state index contributed by atoms with van der Waals surface area (Å²) >= 11 is 5.82. The number of pyridine rings is 1. The van der Waals surface area contributed by atoms with Gasteiger partial charge in [0.2, 0.25) is 0 Å². The van der Waals surface area contributed by atoms with Crippen molar-refractivity contribution in [1.29, 1.82) is 0 Å². The molecule has 1 aromatic heterocycles. The molecule has 0 saturated heterocycles. The number of carbonyl (C=O) groups excluding carboxylic acids is 1. The van der Waals surface area contributed by atoms with Crippen molar-refractivity contribution in [3.05, 3.63) is 28.5 Å². The first-order valence-electron chi connectivity index (χ1n) is 5.44. The average Bonchev–Trinajstić information content (AvgIpc) is 2.23. The summed E-state index contributed by atoms with van der Waals surface area (Å²) in [4.78, 5) is 17.7. The zero-order chi connectivity index (χ0) is 12.1. The number of rotatable bonds is 4. The molecule has 1 heterocycles. The molecular formula is C12H17ClN2O. The van der Waals surface area contributed by atoms with Gasteiger partial charge in [-0.2, -0.15) is 0 Å². The third-order valence-corrected chi connectivity index (χ3v) is 2.56. The Kier molecular flexibility index (Phi) is 4.74. The van der Waals surface area contributed by atoms with Crippen LogP contribution < -0.4 is 0 Å². The van der Waals surface area contributed by atoms with Crippen molar-refractivity contribution in [2.24, 2.45) is 0 Å². The van der Waals surface area contributed by atoms with Crippen LogP contribution in [0.5, 0.6) is 0 Å². The van der Waals surface area contributed by atoms with E-state index in [1.54, 1.807) is 17.0 Å². The van der Waals surface area contributed by atoms with Crippen LogP contribution in [0, 0.1) is 6.92 Å². The van der Waals surface area contributed by atoms with Crippen molar-refractivity contribution in [3.8, 4) is 0 Å². The summed E-state index contributed by atoms with van der Waals surface area (Å²) in [5, 5.41) is 0.368. The zero-order valence-electron chi connectivity index (χ0n) is 9.96. The van der Waals surface area contributed by atoms with Gasteiger partial charge in [-0.25, -0.2) is 4.98 Å². The van der Waals surface area contributed by atoms with Crippen LogP contribution in [0.25, 0.3) is 0 Å². The summed E-state index contributed by atoms with van der Waals surface area (Å²) in [5.74, 6) is 0.000787. The second-order valence-corrected chi connectivity index (χ2v) is 4.29. The predicted octanol–water partition coefficient (Wildman–Crippen LogP) is 2.92. The molecule has 1 rings (SSSR count). The predicted molar refractivity (Wildman–Crippen MR) is 65.9 cm³/mol. The summed E-state index contributed by atoms with van der Waals surface area (Å²) in [6.45, 7) is 4.70. The summed E-state index contributed by atoms with van der Waals surface area (Å²) < 4.78 is 0. The molecule has 0 N–H and O–H groups in total. The van der Waals surface area contributed by atoms with E-state index in [0.29, 0.717) is 10.7 Å².